The molecular formula is C8H5NO2S. The molecule has 0 bridgehead atoms. The molecule has 1 N–H and O–H groups in total. The van der Waals surface area contributed by atoms with Gasteiger partial charge in [-0.3, -0.25) is 4.98 Å². The minimum Gasteiger partial charge on any atom is -0.477 e. The van der Waals surface area contributed by atoms with Crippen molar-refractivity contribution in [3.63, 3.8) is 0 Å². The van der Waals surface area contributed by atoms with Crippen LogP contribution in [0.25, 0.3) is 10.1 Å². The maximum atomic E-state index is 10.6. The molecule has 0 aliphatic rings. The fraction of sp³-hybridized carbons (Fsp3) is 0. The molecule has 0 saturated carbocycles. The lowest BCUT2D eigenvalue weighted by Crippen LogP contribution is -1.89. The second kappa shape index (κ2) is 2.57. The number of aromatic nitrogens is 1. The first kappa shape index (κ1) is 7.24. The quantitative estimate of drug-likeness (QED) is 0.728. The van der Waals surface area contributed by atoms with E-state index in [2.05, 4.69) is 4.98 Å². The van der Waals surface area contributed by atoms with Gasteiger partial charge in [0.15, 0.2) is 0 Å². The molecule has 2 rings (SSSR count). The summed E-state index contributed by atoms with van der Waals surface area (Å²) in [5.74, 6) is -0.879. The van der Waals surface area contributed by atoms with Crippen molar-refractivity contribution in [3.05, 3.63) is 29.4 Å². The monoisotopic (exact) mass is 179 g/mol. The maximum absolute atomic E-state index is 10.6. The molecule has 0 aromatic carbocycles. The summed E-state index contributed by atoms with van der Waals surface area (Å²) in [5, 5.41) is 9.61. The molecule has 0 fully saturated rings. The van der Waals surface area contributed by atoms with E-state index in [1.54, 1.807) is 24.5 Å². The van der Waals surface area contributed by atoms with Crippen LogP contribution in [-0.2, 0) is 0 Å². The van der Waals surface area contributed by atoms with Crippen LogP contribution in [0.5, 0.6) is 0 Å². The van der Waals surface area contributed by atoms with Crippen LogP contribution >= 0.6 is 11.3 Å². The van der Waals surface area contributed by atoms with Gasteiger partial charge in [-0.2, -0.15) is 0 Å². The van der Waals surface area contributed by atoms with Crippen molar-refractivity contribution in [3.8, 4) is 0 Å². The van der Waals surface area contributed by atoms with Gasteiger partial charge in [-0.25, -0.2) is 4.79 Å². The minimum atomic E-state index is -0.879. The maximum Gasteiger partial charge on any atom is 0.345 e. The van der Waals surface area contributed by atoms with Gasteiger partial charge in [0.25, 0.3) is 0 Å². The number of carboxylic acids is 1. The van der Waals surface area contributed by atoms with Crippen LogP contribution < -0.4 is 0 Å². The number of hydrogen-bond donors (Lipinski definition) is 1. The number of carboxylic acid groups (broad SMARTS) is 1. The van der Waals surface area contributed by atoms with Gasteiger partial charge >= 0.3 is 5.97 Å². The average Bonchev–Trinajstić information content (AvgIpc) is 2.46. The van der Waals surface area contributed by atoms with Crippen molar-refractivity contribution in [1.82, 2.24) is 4.98 Å². The highest BCUT2D eigenvalue weighted by Gasteiger charge is 2.06. The van der Waals surface area contributed by atoms with Crippen molar-refractivity contribution < 1.29 is 9.90 Å². The molecule has 0 spiro atoms. The van der Waals surface area contributed by atoms with E-state index in [4.69, 9.17) is 5.11 Å². The lowest BCUT2D eigenvalue weighted by atomic mass is 10.3. The summed E-state index contributed by atoms with van der Waals surface area (Å²) < 4.78 is 0.912. The molecule has 0 aliphatic heterocycles. The molecular weight excluding hydrogens is 174 g/mol. The van der Waals surface area contributed by atoms with Gasteiger partial charge in [-0.1, -0.05) is 0 Å². The van der Waals surface area contributed by atoms with Gasteiger partial charge in [-0.05, 0) is 17.5 Å². The second-order valence-corrected chi connectivity index (χ2v) is 3.41. The fourth-order valence-corrected chi connectivity index (χ4v) is 1.86. The van der Waals surface area contributed by atoms with Gasteiger partial charge in [0.05, 0.1) is 4.70 Å². The lowest BCUT2D eigenvalue weighted by Gasteiger charge is -1.81. The largest absolute Gasteiger partial charge is 0.477 e. The fourth-order valence-electron chi connectivity index (χ4n) is 0.990. The average molecular weight is 179 g/mol. The summed E-state index contributed by atoms with van der Waals surface area (Å²) in [6.07, 6.45) is 3.33. The van der Waals surface area contributed by atoms with Crippen LogP contribution in [0, 0.1) is 0 Å². The Bertz CT molecular complexity index is 402. The van der Waals surface area contributed by atoms with Crippen molar-refractivity contribution in [2.75, 3.05) is 0 Å². The molecule has 3 nitrogen and oxygen atoms in total. The second-order valence-electron chi connectivity index (χ2n) is 2.33. The highest BCUT2D eigenvalue weighted by Crippen LogP contribution is 2.23. The first-order valence-electron chi connectivity index (χ1n) is 3.34. The summed E-state index contributed by atoms with van der Waals surface area (Å²) in [4.78, 5) is 14.8. The van der Waals surface area contributed by atoms with Crippen molar-refractivity contribution in [2.24, 2.45) is 0 Å². The zero-order valence-corrected chi connectivity index (χ0v) is 6.84. The van der Waals surface area contributed by atoms with E-state index >= 15 is 0 Å². The number of thiophene rings is 1. The number of carbonyl (C=O) groups is 1. The molecule has 2 heterocycles. The normalized spacial score (nSPS) is 10.3. The molecule has 60 valence electrons. The van der Waals surface area contributed by atoms with Crippen LogP contribution in [0.1, 0.15) is 9.67 Å². The van der Waals surface area contributed by atoms with E-state index in [9.17, 15) is 4.79 Å². The van der Waals surface area contributed by atoms with E-state index in [-0.39, 0.29) is 0 Å². The summed E-state index contributed by atoms with van der Waals surface area (Å²) in [5.41, 5.74) is 0. The number of aromatic carboxylic acids is 1. The van der Waals surface area contributed by atoms with E-state index < -0.39 is 5.97 Å². The van der Waals surface area contributed by atoms with Crippen molar-refractivity contribution in [2.45, 2.75) is 0 Å². The predicted molar refractivity (Wildman–Crippen MR) is 46.6 cm³/mol. The number of pyridine rings is 1. The summed E-state index contributed by atoms with van der Waals surface area (Å²) in [6, 6.07) is 3.46. The van der Waals surface area contributed by atoms with E-state index in [0.29, 0.717) is 4.88 Å². The van der Waals surface area contributed by atoms with E-state index in [1.807, 2.05) is 0 Å². The molecule has 2 aromatic heterocycles. The van der Waals surface area contributed by atoms with Gasteiger partial charge in [0.1, 0.15) is 4.88 Å². The lowest BCUT2D eigenvalue weighted by molar-refractivity contribution is 0.0702. The Hall–Kier alpha value is -1.42. The standard InChI is InChI=1S/C8H5NO2S/c10-8(11)6-3-5-1-2-9-4-7(5)12-6/h1-4H,(H,10,11). The highest BCUT2D eigenvalue weighted by atomic mass is 32.1. The molecule has 12 heavy (non-hydrogen) atoms. The van der Waals surface area contributed by atoms with Crippen LogP contribution in [0.3, 0.4) is 0 Å². The van der Waals surface area contributed by atoms with Crippen LogP contribution in [0.15, 0.2) is 24.5 Å². The zero-order chi connectivity index (χ0) is 8.55. The van der Waals surface area contributed by atoms with E-state index in [0.717, 1.165) is 10.1 Å². The third-order valence-corrected chi connectivity index (χ3v) is 2.61. The van der Waals surface area contributed by atoms with E-state index in [1.165, 1.54) is 11.3 Å². The molecule has 2 aromatic rings. The molecule has 0 aliphatic carbocycles. The first-order chi connectivity index (χ1) is 5.77. The Morgan fingerprint density at radius 1 is 1.58 bits per heavy atom. The van der Waals surface area contributed by atoms with Gasteiger partial charge in [0, 0.05) is 12.4 Å². The minimum absolute atomic E-state index is 0.359. The Morgan fingerprint density at radius 2 is 2.42 bits per heavy atom. The van der Waals surface area contributed by atoms with Gasteiger partial charge in [-0.15, -0.1) is 11.3 Å². The molecule has 0 unspecified atom stereocenters. The summed E-state index contributed by atoms with van der Waals surface area (Å²) in [7, 11) is 0. The Kier molecular flexibility index (Phi) is 1.55. The number of rotatable bonds is 1. The van der Waals surface area contributed by atoms with Crippen molar-refractivity contribution >= 4 is 27.4 Å². The Morgan fingerprint density at radius 3 is 3.08 bits per heavy atom. The summed E-state index contributed by atoms with van der Waals surface area (Å²) >= 11 is 1.24. The van der Waals surface area contributed by atoms with Crippen LogP contribution in [0.4, 0.5) is 0 Å². The molecule has 4 heteroatoms. The molecule has 0 atom stereocenters. The predicted octanol–water partition coefficient (Wildman–Crippen LogP) is 1.99. The molecule has 0 amide bonds. The van der Waals surface area contributed by atoms with Gasteiger partial charge < -0.3 is 5.11 Å². The van der Waals surface area contributed by atoms with Crippen LogP contribution in [0.2, 0.25) is 0 Å². The summed E-state index contributed by atoms with van der Waals surface area (Å²) in [6.45, 7) is 0. The number of fused-ring (bicyclic) bond motifs is 1. The molecule has 0 saturated heterocycles. The first-order valence-corrected chi connectivity index (χ1v) is 4.16. The zero-order valence-electron chi connectivity index (χ0n) is 6.02. The topological polar surface area (TPSA) is 50.2 Å². The smallest absolute Gasteiger partial charge is 0.345 e. The third kappa shape index (κ3) is 1.06. The third-order valence-electron chi connectivity index (χ3n) is 1.53. The number of nitrogens with zero attached hydrogens (tertiary/aromatic N) is 1. The Labute approximate surface area is 72.3 Å². The Balaban J connectivity index is 2.70. The molecule has 0 radical (unpaired) electrons. The van der Waals surface area contributed by atoms with Crippen LogP contribution in [-0.4, -0.2) is 16.1 Å². The number of hydrogen-bond acceptors (Lipinski definition) is 3. The van der Waals surface area contributed by atoms with Crippen molar-refractivity contribution in [1.29, 1.82) is 0 Å². The highest BCUT2D eigenvalue weighted by molar-refractivity contribution is 7.20. The SMILES string of the molecule is O=C(O)c1cc2ccncc2s1. The van der Waals surface area contributed by atoms with Gasteiger partial charge in [0.2, 0.25) is 0 Å².